The lowest BCUT2D eigenvalue weighted by Crippen LogP contribution is -2.40. The Morgan fingerprint density at radius 1 is 1.19 bits per heavy atom. The van der Waals surface area contributed by atoms with Crippen molar-refractivity contribution in [1.82, 2.24) is 9.47 Å². The third-order valence-corrected chi connectivity index (χ3v) is 5.24. The number of esters is 1. The van der Waals surface area contributed by atoms with E-state index < -0.39 is 0 Å². The van der Waals surface area contributed by atoms with E-state index in [2.05, 4.69) is 9.47 Å². The number of hydrogen-bond donors (Lipinski definition) is 0. The Balaban J connectivity index is 1.75. The summed E-state index contributed by atoms with van der Waals surface area (Å²) in [6.07, 6.45) is 7.89. The molecule has 1 aliphatic rings. The van der Waals surface area contributed by atoms with Crippen molar-refractivity contribution < 1.29 is 13.9 Å². The molecule has 0 unspecified atom stereocenters. The van der Waals surface area contributed by atoms with Crippen LogP contribution < -0.4 is 0 Å². The smallest absolute Gasteiger partial charge is 0.319 e. The van der Waals surface area contributed by atoms with Crippen molar-refractivity contribution in [3.05, 3.63) is 59.7 Å². The highest BCUT2D eigenvalue weighted by molar-refractivity contribution is 5.71. The van der Waals surface area contributed by atoms with Crippen LogP contribution in [0.1, 0.15) is 43.4 Å². The minimum Gasteiger partial charge on any atom is -0.468 e. The Morgan fingerprint density at radius 3 is 2.69 bits per heavy atom. The lowest BCUT2D eigenvalue weighted by atomic mass is 9.94. The predicted octanol–water partition coefficient (Wildman–Crippen LogP) is 3.98. The van der Waals surface area contributed by atoms with Gasteiger partial charge in [0.25, 0.3) is 0 Å². The number of methoxy groups -OCH3 is 1. The molecule has 0 amide bonds. The molecule has 4 nitrogen and oxygen atoms in total. The Hall–Kier alpha value is -2.14. The molecular weight excluding hydrogens is 331 g/mol. The summed E-state index contributed by atoms with van der Waals surface area (Å²) in [5.74, 6) is -0.395. The first-order valence-corrected chi connectivity index (χ1v) is 9.35. The fourth-order valence-corrected chi connectivity index (χ4v) is 3.76. The maximum absolute atomic E-state index is 14.0. The van der Waals surface area contributed by atoms with E-state index in [1.807, 2.05) is 30.5 Å². The molecule has 1 heterocycles. The second kappa shape index (κ2) is 8.99. The van der Waals surface area contributed by atoms with E-state index in [9.17, 15) is 9.18 Å². The van der Waals surface area contributed by atoms with Gasteiger partial charge < -0.3 is 9.30 Å². The molecule has 0 aliphatic heterocycles. The van der Waals surface area contributed by atoms with Gasteiger partial charge in [-0.25, -0.2) is 4.39 Å². The first kappa shape index (κ1) is 18.6. The average molecular weight is 358 g/mol. The molecule has 1 fully saturated rings. The monoisotopic (exact) mass is 358 g/mol. The summed E-state index contributed by atoms with van der Waals surface area (Å²) in [5.41, 5.74) is 1.75. The van der Waals surface area contributed by atoms with Gasteiger partial charge in [0.1, 0.15) is 5.82 Å². The second-order valence-corrected chi connectivity index (χ2v) is 6.99. The van der Waals surface area contributed by atoms with Crippen molar-refractivity contribution in [2.45, 2.75) is 51.2 Å². The molecule has 5 heteroatoms. The highest BCUT2D eigenvalue weighted by Gasteiger charge is 2.24. The van der Waals surface area contributed by atoms with E-state index in [0.717, 1.165) is 18.5 Å². The van der Waals surface area contributed by atoms with Crippen molar-refractivity contribution in [3.63, 3.8) is 0 Å². The molecule has 1 aromatic carbocycles. The predicted molar refractivity (Wildman–Crippen MR) is 99.2 cm³/mol. The van der Waals surface area contributed by atoms with Crippen LogP contribution in [0.5, 0.6) is 0 Å². The minimum absolute atomic E-state index is 0.189. The van der Waals surface area contributed by atoms with E-state index in [0.29, 0.717) is 31.2 Å². The number of carbonyl (C=O) groups excluding carboxylic acids is 1. The zero-order chi connectivity index (χ0) is 18.4. The maximum atomic E-state index is 14.0. The van der Waals surface area contributed by atoms with Crippen LogP contribution in [0.2, 0.25) is 0 Å². The first-order chi connectivity index (χ1) is 12.7. The number of ether oxygens (including phenoxy) is 1. The molecule has 0 saturated heterocycles. The van der Waals surface area contributed by atoms with Gasteiger partial charge in [-0.3, -0.25) is 9.69 Å². The number of nitrogens with zero attached hydrogens (tertiary/aromatic N) is 2. The third-order valence-electron chi connectivity index (χ3n) is 5.24. The summed E-state index contributed by atoms with van der Waals surface area (Å²) in [4.78, 5) is 14.1. The van der Waals surface area contributed by atoms with Gasteiger partial charge in [0.05, 0.1) is 20.2 Å². The van der Waals surface area contributed by atoms with Gasteiger partial charge in [-0.1, -0.05) is 37.5 Å². The summed E-state index contributed by atoms with van der Waals surface area (Å²) in [7, 11) is 1.43. The summed E-state index contributed by atoms with van der Waals surface area (Å²) in [5, 5.41) is 0. The van der Waals surface area contributed by atoms with Crippen LogP contribution in [-0.2, 0) is 22.6 Å². The quantitative estimate of drug-likeness (QED) is 0.702. The van der Waals surface area contributed by atoms with Crippen LogP contribution in [0.3, 0.4) is 0 Å². The number of hydrogen-bond acceptors (Lipinski definition) is 3. The molecule has 140 valence electrons. The molecular formula is C21H27FN2O2. The minimum atomic E-state index is -0.206. The topological polar surface area (TPSA) is 34.5 Å². The number of carbonyl (C=O) groups is 1. The molecule has 0 atom stereocenters. The molecule has 0 spiro atoms. The summed E-state index contributed by atoms with van der Waals surface area (Å²) in [6, 6.07) is 11.3. The van der Waals surface area contributed by atoms with E-state index >= 15 is 0 Å². The van der Waals surface area contributed by atoms with Crippen LogP contribution in [0.4, 0.5) is 4.39 Å². The average Bonchev–Trinajstić information content (AvgIpc) is 3.10. The maximum Gasteiger partial charge on any atom is 0.319 e. The normalized spacial score (nSPS) is 15.3. The van der Waals surface area contributed by atoms with Crippen molar-refractivity contribution >= 4 is 5.97 Å². The molecule has 3 rings (SSSR count). The first-order valence-electron chi connectivity index (χ1n) is 9.35. The molecule has 1 aromatic heterocycles. The number of halogens is 1. The van der Waals surface area contributed by atoms with Gasteiger partial charge in [-0.2, -0.15) is 0 Å². The Morgan fingerprint density at radius 2 is 1.96 bits per heavy atom. The van der Waals surface area contributed by atoms with E-state index in [1.54, 1.807) is 6.07 Å². The Bertz CT molecular complexity index is 722. The highest BCUT2D eigenvalue weighted by atomic mass is 19.1. The van der Waals surface area contributed by atoms with Crippen LogP contribution >= 0.6 is 0 Å². The molecule has 0 radical (unpaired) electrons. The molecule has 1 saturated carbocycles. The van der Waals surface area contributed by atoms with Gasteiger partial charge in [0.2, 0.25) is 0 Å². The Kier molecular flexibility index (Phi) is 6.45. The van der Waals surface area contributed by atoms with Crippen LogP contribution in [0.25, 0.3) is 0 Å². The van der Waals surface area contributed by atoms with Gasteiger partial charge >= 0.3 is 5.97 Å². The van der Waals surface area contributed by atoms with E-state index in [-0.39, 0.29) is 11.8 Å². The third kappa shape index (κ3) is 4.73. The highest BCUT2D eigenvalue weighted by Crippen LogP contribution is 2.24. The molecule has 0 N–H and O–H groups in total. The fraction of sp³-hybridized carbons (Fsp3) is 0.476. The van der Waals surface area contributed by atoms with Crippen LogP contribution in [-0.4, -0.2) is 35.1 Å². The fourth-order valence-electron chi connectivity index (χ4n) is 3.76. The Labute approximate surface area is 154 Å². The largest absolute Gasteiger partial charge is 0.468 e. The lowest BCUT2D eigenvalue weighted by molar-refractivity contribution is -0.143. The standard InChI is InChI=1S/C21H27FN2O2/c1-26-21(25)16-24(18-9-3-2-4-10-18)15-19-11-7-13-23(19)14-17-8-5-6-12-20(17)22/h5-8,11-13,18H,2-4,9-10,14-16H2,1H3. The summed E-state index contributed by atoms with van der Waals surface area (Å²) < 4.78 is 21.0. The number of aromatic nitrogens is 1. The van der Waals surface area contributed by atoms with Crippen LogP contribution in [0, 0.1) is 5.82 Å². The van der Waals surface area contributed by atoms with Crippen molar-refractivity contribution in [1.29, 1.82) is 0 Å². The summed E-state index contributed by atoms with van der Waals surface area (Å²) >= 11 is 0. The van der Waals surface area contributed by atoms with E-state index in [1.165, 1.54) is 32.4 Å². The zero-order valence-electron chi connectivity index (χ0n) is 15.4. The number of rotatable bonds is 7. The molecule has 26 heavy (non-hydrogen) atoms. The lowest BCUT2D eigenvalue weighted by Gasteiger charge is -2.33. The van der Waals surface area contributed by atoms with Crippen molar-refractivity contribution in [2.24, 2.45) is 0 Å². The van der Waals surface area contributed by atoms with Gasteiger partial charge in [0.15, 0.2) is 0 Å². The molecule has 0 bridgehead atoms. The second-order valence-electron chi connectivity index (χ2n) is 6.99. The summed E-state index contributed by atoms with van der Waals surface area (Å²) in [6.45, 7) is 1.46. The van der Waals surface area contributed by atoms with Crippen molar-refractivity contribution in [3.8, 4) is 0 Å². The van der Waals surface area contributed by atoms with E-state index in [4.69, 9.17) is 4.74 Å². The van der Waals surface area contributed by atoms with Crippen molar-refractivity contribution in [2.75, 3.05) is 13.7 Å². The van der Waals surface area contributed by atoms with Gasteiger partial charge in [0, 0.05) is 30.0 Å². The van der Waals surface area contributed by atoms with Gasteiger partial charge in [-0.15, -0.1) is 0 Å². The SMILES string of the molecule is COC(=O)CN(Cc1cccn1Cc1ccccc1F)C1CCCCC1. The molecule has 1 aliphatic carbocycles. The number of benzene rings is 1. The van der Waals surface area contributed by atoms with Gasteiger partial charge in [-0.05, 0) is 31.0 Å². The van der Waals surface area contributed by atoms with Crippen LogP contribution in [0.15, 0.2) is 42.6 Å². The molecule has 2 aromatic rings. The zero-order valence-corrected chi connectivity index (χ0v) is 15.4.